The molecule has 0 radical (unpaired) electrons. The van der Waals surface area contributed by atoms with E-state index in [2.05, 4.69) is 9.97 Å². The van der Waals surface area contributed by atoms with Crippen molar-refractivity contribution >= 4 is 28.8 Å². The summed E-state index contributed by atoms with van der Waals surface area (Å²) in [5.41, 5.74) is -0.684. The predicted octanol–water partition coefficient (Wildman–Crippen LogP) is 1.58. The number of hydrogen-bond donors (Lipinski definition) is 0. The van der Waals surface area contributed by atoms with Crippen LogP contribution in [0.5, 0.6) is 0 Å². The standard InChI is InChI=1S/C17H24N4O4S/c1-8-25-15(23)17(4,5)26-13-10-12(18-11(19-13)9(2)3)20(6)16(24)21(7)14(10)22/h9H,8H2,1-7H3. The average molecular weight is 380 g/mol. The van der Waals surface area contributed by atoms with Crippen LogP contribution in [0.15, 0.2) is 14.6 Å². The Hall–Kier alpha value is -2.16. The van der Waals surface area contributed by atoms with Crippen LogP contribution < -0.4 is 11.2 Å². The fourth-order valence-electron chi connectivity index (χ4n) is 2.37. The summed E-state index contributed by atoms with van der Waals surface area (Å²) in [7, 11) is 2.97. The number of carbonyl (C=O) groups excluding carboxylic acids is 1. The van der Waals surface area contributed by atoms with Crippen molar-refractivity contribution in [2.45, 2.75) is 50.3 Å². The summed E-state index contributed by atoms with van der Waals surface area (Å²) in [5.74, 6) is 0.0935. The van der Waals surface area contributed by atoms with Crippen LogP contribution in [0.1, 0.15) is 46.4 Å². The van der Waals surface area contributed by atoms with E-state index < -0.39 is 22.0 Å². The maximum Gasteiger partial charge on any atom is 0.332 e. The average Bonchev–Trinajstić information content (AvgIpc) is 2.57. The highest BCUT2D eigenvalue weighted by molar-refractivity contribution is 8.01. The lowest BCUT2D eigenvalue weighted by atomic mass is 10.2. The van der Waals surface area contributed by atoms with Gasteiger partial charge in [0.05, 0.1) is 6.61 Å². The van der Waals surface area contributed by atoms with Crippen LogP contribution in [-0.2, 0) is 23.6 Å². The van der Waals surface area contributed by atoms with E-state index in [1.165, 1.54) is 11.6 Å². The van der Waals surface area contributed by atoms with Crippen molar-refractivity contribution in [2.24, 2.45) is 14.1 Å². The van der Waals surface area contributed by atoms with Gasteiger partial charge >= 0.3 is 11.7 Å². The Bertz CT molecular complexity index is 975. The van der Waals surface area contributed by atoms with Crippen molar-refractivity contribution in [2.75, 3.05) is 6.61 Å². The van der Waals surface area contributed by atoms with Crippen molar-refractivity contribution in [1.29, 1.82) is 0 Å². The summed E-state index contributed by atoms with van der Waals surface area (Å²) in [5, 5.41) is 0.592. The Morgan fingerprint density at radius 2 is 1.81 bits per heavy atom. The summed E-state index contributed by atoms with van der Waals surface area (Å²) >= 11 is 1.14. The third-order valence-corrected chi connectivity index (χ3v) is 5.09. The van der Waals surface area contributed by atoms with Crippen LogP contribution >= 0.6 is 11.8 Å². The van der Waals surface area contributed by atoms with Crippen molar-refractivity contribution in [3.05, 3.63) is 26.7 Å². The predicted molar refractivity (Wildman–Crippen MR) is 101 cm³/mol. The second-order valence-corrected chi connectivity index (χ2v) is 8.39. The minimum atomic E-state index is -0.953. The molecule has 0 aliphatic carbocycles. The van der Waals surface area contributed by atoms with Gasteiger partial charge in [0, 0.05) is 20.0 Å². The molecule has 2 rings (SSSR count). The fraction of sp³-hybridized carbons (Fsp3) is 0.588. The monoisotopic (exact) mass is 380 g/mol. The Morgan fingerprint density at radius 1 is 1.19 bits per heavy atom. The van der Waals surface area contributed by atoms with E-state index in [1.54, 1.807) is 27.8 Å². The molecular weight excluding hydrogens is 356 g/mol. The number of aromatic nitrogens is 4. The van der Waals surface area contributed by atoms with Gasteiger partial charge < -0.3 is 4.74 Å². The van der Waals surface area contributed by atoms with Crippen LogP contribution in [-0.4, -0.2) is 36.4 Å². The summed E-state index contributed by atoms with van der Waals surface area (Å²) in [6.45, 7) is 9.27. The van der Waals surface area contributed by atoms with Crippen molar-refractivity contribution in [3.8, 4) is 0 Å². The smallest absolute Gasteiger partial charge is 0.332 e. The molecule has 142 valence electrons. The molecule has 0 spiro atoms. The summed E-state index contributed by atoms with van der Waals surface area (Å²) < 4.78 is 6.51. The molecule has 2 heterocycles. The molecule has 8 nitrogen and oxygen atoms in total. The van der Waals surface area contributed by atoms with Crippen LogP contribution in [0.2, 0.25) is 0 Å². The Labute approximate surface area is 155 Å². The maximum absolute atomic E-state index is 12.7. The molecule has 0 aliphatic heterocycles. The zero-order valence-corrected chi connectivity index (χ0v) is 16.9. The SMILES string of the molecule is CCOC(=O)C(C)(C)Sc1nc(C(C)C)nc2c1c(=O)n(C)c(=O)n2C. The highest BCUT2D eigenvalue weighted by Gasteiger charge is 2.33. The molecule has 0 N–H and O–H groups in total. The summed E-state index contributed by atoms with van der Waals surface area (Å²) in [6.07, 6.45) is 0. The van der Waals surface area contributed by atoms with Crippen LogP contribution in [0, 0.1) is 0 Å². The van der Waals surface area contributed by atoms with Crippen LogP contribution in [0.4, 0.5) is 0 Å². The minimum Gasteiger partial charge on any atom is -0.465 e. The van der Waals surface area contributed by atoms with Crippen molar-refractivity contribution < 1.29 is 9.53 Å². The minimum absolute atomic E-state index is 0.0105. The third kappa shape index (κ3) is 3.53. The lowest BCUT2D eigenvalue weighted by molar-refractivity contribution is -0.145. The van der Waals surface area contributed by atoms with Gasteiger partial charge in [-0.2, -0.15) is 0 Å². The van der Waals surface area contributed by atoms with Crippen LogP contribution in [0.25, 0.3) is 11.0 Å². The van der Waals surface area contributed by atoms with E-state index in [4.69, 9.17) is 4.74 Å². The van der Waals surface area contributed by atoms with Crippen molar-refractivity contribution in [3.63, 3.8) is 0 Å². The molecule has 0 aromatic carbocycles. The molecule has 0 aliphatic rings. The van der Waals surface area contributed by atoms with Gasteiger partial charge in [0.1, 0.15) is 21.0 Å². The molecule has 0 fully saturated rings. The molecule has 0 atom stereocenters. The number of esters is 1. The van der Waals surface area contributed by atoms with E-state index in [1.807, 2.05) is 13.8 Å². The van der Waals surface area contributed by atoms with E-state index in [9.17, 15) is 14.4 Å². The first-order chi connectivity index (χ1) is 12.0. The molecule has 0 saturated carbocycles. The number of aryl methyl sites for hydroxylation is 1. The molecule has 9 heteroatoms. The topological polar surface area (TPSA) is 96.1 Å². The second-order valence-electron chi connectivity index (χ2n) is 6.78. The maximum atomic E-state index is 12.7. The van der Waals surface area contributed by atoms with Gasteiger partial charge in [0.2, 0.25) is 0 Å². The second kappa shape index (κ2) is 7.22. The van der Waals surface area contributed by atoms with Gasteiger partial charge in [0.15, 0.2) is 5.65 Å². The molecule has 0 saturated heterocycles. The summed E-state index contributed by atoms with van der Waals surface area (Å²) in [6, 6.07) is 0. The number of nitrogens with zero attached hydrogens (tertiary/aromatic N) is 4. The lowest BCUT2D eigenvalue weighted by Crippen LogP contribution is -2.38. The van der Waals surface area contributed by atoms with E-state index in [0.29, 0.717) is 10.9 Å². The van der Waals surface area contributed by atoms with Gasteiger partial charge in [-0.15, -0.1) is 0 Å². The highest BCUT2D eigenvalue weighted by atomic mass is 32.2. The fourth-order valence-corrected chi connectivity index (χ4v) is 3.41. The first-order valence-corrected chi connectivity index (χ1v) is 9.16. The van der Waals surface area contributed by atoms with Crippen molar-refractivity contribution in [1.82, 2.24) is 19.1 Å². The number of thioether (sulfide) groups is 1. The number of hydrogen-bond acceptors (Lipinski definition) is 7. The first kappa shape index (κ1) is 20.2. The summed E-state index contributed by atoms with van der Waals surface area (Å²) in [4.78, 5) is 46.2. The number of fused-ring (bicyclic) bond motifs is 1. The Balaban J connectivity index is 2.81. The molecule has 2 aromatic heterocycles. The Morgan fingerprint density at radius 3 is 2.35 bits per heavy atom. The molecule has 0 unspecified atom stereocenters. The molecule has 0 amide bonds. The zero-order chi connectivity index (χ0) is 19.8. The van der Waals surface area contributed by atoms with Gasteiger partial charge in [-0.25, -0.2) is 14.8 Å². The number of rotatable bonds is 5. The molecule has 0 bridgehead atoms. The van der Waals surface area contributed by atoms with Gasteiger partial charge in [-0.05, 0) is 20.8 Å². The first-order valence-electron chi connectivity index (χ1n) is 8.35. The quantitative estimate of drug-likeness (QED) is 0.441. The van der Waals surface area contributed by atoms with Gasteiger partial charge in [0.25, 0.3) is 5.56 Å². The van der Waals surface area contributed by atoms with E-state index in [-0.39, 0.29) is 23.6 Å². The molecular formula is C17H24N4O4S. The van der Waals surface area contributed by atoms with Crippen LogP contribution in [0.3, 0.4) is 0 Å². The largest absolute Gasteiger partial charge is 0.465 e. The molecule has 2 aromatic rings. The highest BCUT2D eigenvalue weighted by Crippen LogP contribution is 2.35. The normalized spacial score (nSPS) is 12.0. The number of ether oxygens (including phenoxy) is 1. The van der Waals surface area contributed by atoms with E-state index in [0.717, 1.165) is 16.3 Å². The van der Waals surface area contributed by atoms with Gasteiger partial charge in [-0.3, -0.25) is 18.7 Å². The zero-order valence-electron chi connectivity index (χ0n) is 16.1. The van der Waals surface area contributed by atoms with Gasteiger partial charge in [-0.1, -0.05) is 25.6 Å². The molecule has 26 heavy (non-hydrogen) atoms. The Kier molecular flexibility index (Phi) is 5.60. The lowest BCUT2D eigenvalue weighted by Gasteiger charge is -2.22. The number of carbonyl (C=O) groups is 1. The van der Waals surface area contributed by atoms with E-state index >= 15 is 0 Å². The third-order valence-electron chi connectivity index (χ3n) is 3.92.